The van der Waals surface area contributed by atoms with E-state index in [0.717, 1.165) is 21.6 Å². The van der Waals surface area contributed by atoms with Gasteiger partial charge in [-0.3, -0.25) is 0 Å². The molecule has 2 aromatic rings. The molecule has 2 aromatic carbocycles. The van der Waals surface area contributed by atoms with Crippen molar-refractivity contribution in [2.45, 2.75) is 32.3 Å². The number of hydrogen-bond acceptors (Lipinski definition) is 4. The second kappa shape index (κ2) is 10.2. The summed E-state index contributed by atoms with van der Waals surface area (Å²) in [5.74, 6) is 1.61. The highest BCUT2D eigenvalue weighted by atomic mass is 32.2. The fourth-order valence-electron chi connectivity index (χ4n) is 3.47. The van der Waals surface area contributed by atoms with Crippen LogP contribution < -0.4 is 9.47 Å². The van der Waals surface area contributed by atoms with Crippen molar-refractivity contribution in [3.05, 3.63) is 88.5 Å². The molecule has 5 heteroatoms. The molecule has 0 saturated heterocycles. The molecule has 0 unspecified atom stereocenters. The van der Waals surface area contributed by atoms with E-state index < -0.39 is 5.41 Å². The summed E-state index contributed by atoms with van der Waals surface area (Å²) in [4.78, 5) is 0.896. The van der Waals surface area contributed by atoms with Crippen molar-refractivity contribution in [3.8, 4) is 11.5 Å². The molecule has 0 fully saturated rings. The first-order valence-corrected chi connectivity index (χ1v) is 10.8. The number of methoxy groups -OCH3 is 2. The Balaban J connectivity index is 1.67. The number of allylic oxidation sites excluding steroid dienone is 4. The summed E-state index contributed by atoms with van der Waals surface area (Å²) in [6.07, 6.45) is 4.24. The SMILES string of the molecule is COc1ccc(C(C)(C)C2=C(F)C=C(SCOCc3ccccc3)[CH]C2)cc1OC. The van der Waals surface area contributed by atoms with Crippen LogP contribution in [-0.2, 0) is 16.8 Å². The number of hydrogen-bond donors (Lipinski definition) is 0. The van der Waals surface area contributed by atoms with Crippen molar-refractivity contribution in [2.24, 2.45) is 0 Å². The fraction of sp³-hybridized carbons (Fsp3) is 0.320. The minimum atomic E-state index is -0.476. The standard InChI is InChI=1S/C25H28FO3S/c1-25(2,19-10-13-23(27-3)24(14-19)28-4)21-12-11-20(15-22(21)26)30-17-29-16-18-8-6-5-7-9-18/h5-11,13-15H,12,16-17H2,1-4H3. The summed E-state index contributed by atoms with van der Waals surface area (Å²) in [5.41, 5.74) is 2.39. The molecule has 0 atom stereocenters. The van der Waals surface area contributed by atoms with E-state index in [-0.39, 0.29) is 5.83 Å². The van der Waals surface area contributed by atoms with Crippen LogP contribution in [0.25, 0.3) is 0 Å². The number of ether oxygens (including phenoxy) is 3. The molecule has 0 heterocycles. The van der Waals surface area contributed by atoms with Crippen molar-refractivity contribution >= 4 is 11.8 Å². The Labute approximate surface area is 182 Å². The van der Waals surface area contributed by atoms with Crippen LogP contribution in [0.15, 0.2) is 70.9 Å². The third-order valence-electron chi connectivity index (χ3n) is 5.34. The average molecular weight is 428 g/mol. The first-order valence-electron chi connectivity index (χ1n) is 9.86. The third kappa shape index (κ3) is 5.27. The fourth-order valence-corrected chi connectivity index (χ4v) is 4.16. The van der Waals surface area contributed by atoms with E-state index in [2.05, 4.69) is 6.42 Å². The van der Waals surface area contributed by atoms with E-state index in [1.807, 2.05) is 62.4 Å². The Bertz CT molecular complexity index is 919. The maximum absolute atomic E-state index is 15.1. The quantitative estimate of drug-likeness (QED) is 0.333. The Hall–Kier alpha value is -2.24. The zero-order valence-corrected chi connectivity index (χ0v) is 18.7. The predicted octanol–water partition coefficient (Wildman–Crippen LogP) is 6.60. The first kappa shape index (κ1) is 22.4. The Morgan fingerprint density at radius 1 is 1.00 bits per heavy atom. The highest BCUT2D eigenvalue weighted by Gasteiger charge is 2.31. The summed E-state index contributed by atoms with van der Waals surface area (Å²) in [5, 5.41) is 0. The van der Waals surface area contributed by atoms with Gasteiger partial charge in [-0.15, -0.1) is 11.8 Å². The van der Waals surface area contributed by atoms with E-state index in [0.29, 0.717) is 30.5 Å². The zero-order valence-electron chi connectivity index (χ0n) is 17.9. The summed E-state index contributed by atoms with van der Waals surface area (Å²) in [6, 6.07) is 15.8. The van der Waals surface area contributed by atoms with Gasteiger partial charge in [0.25, 0.3) is 0 Å². The smallest absolute Gasteiger partial charge is 0.161 e. The minimum absolute atomic E-state index is 0.178. The molecule has 1 radical (unpaired) electrons. The van der Waals surface area contributed by atoms with Crippen LogP contribution >= 0.6 is 11.8 Å². The molecular weight excluding hydrogens is 399 g/mol. The number of halogens is 1. The largest absolute Gasteiger partial charge is 0.493 e. The second-order valence-corrected chi connectivity index (χ2v) is 8.57. The lowest BCUT2D eigenvalue weighted by Crippen LogP contribution is -2.23. The highest BCUT2D eigenvalue weighted by Crippen LogP contribution is 2.43. The van der Waals surface area contributed by atoms with Gasteiger partial charge in [0.05, 0.1) is 26.8 Å². The summed E-state index contributed by atoms with van der Waals surface area (Å²) in [6.45, 7) is 4.62. The van der Waals surface area contributed by atoms with Gasteiger partial charge in [-0.2, -0.15) is 0 Å². The minimum Gasteiger partial charge on any atom is -0.493 e. The monoisotopic (exact) mass is 427 g/mol. The third-order valence-corrected chi connectivity index (χ3v) is 6.25. The molecule has 0 aliphatic heterocycles. The van der Waals surface area contributed by atoms with E-state index in [9.17, 15) is 0 Å². The molecule has 0 bridgehead atoms. The topological polar surface area (TPSA) is 27.7 Å². The van der Waals surface area contributed by atoms with Crippen molar-refractivity contribution < 1.29 is 18.6 Å². The molecule has 159 valence electrons. The van der Waals surface area contributed by atoms with Crippen LogP contribution in [0.4, 0.5) is 4.39 Å². The molecule has 1 aliphatic carbocycles. The molecule has 1 aliphatic rings. The lowest BCUT2D eigenvalue weighted by Gasteiger charge is -2.31. The van der Waals surface area contributed by atoms with Crippen molar-refractivity contribution in [1.82, 2.24) is 0 Å². The van der Waals surface area contributed by atoms with Crippen LogP contribution in [0.1, 0.15) is 31.4 Å². The van der Waals surface area contributed by atoms with Gasteiger partial charge in [-0.25, -0.2) is 4.39 Å². The summed E-state index contributed by atoms with van der Waals surface area (Å²) < 4.78 is 31.5. The van der Waals surface area contributed by atoms with Gasteiger partial charge in [0.15, 0.2) is 11.5 Å². The van der Waals surface area contributed by atoms with Crippen molar-refractivity contribution in [1.29, 1.82) is 0 Å². The Kier molecular flexibility index (Phi) is 7.62. The van der Waals surface area contributed by atoms with Crippen LogP contribution in [0.3, 0.4) is 0 Å². The van der Waals surface area contributed by atoms with Gasteiger partial charge in [-0.1, -0.05) is 50.2 Å². The molecule has 30 heavy (non-hydrogen) atoms. The zero-order chi connectivity index (χ0) is 21.6. The van der Waals surface area contributed by atoms with Gasteiger partial charge < -0.3 is 14.2 Å². The van der Waals surface area contributed by atoms with E-state index in [1.54, 1.807) is 20.3 Å². The molecular formula is C25H28FO3S. The Morgan fingerprint density at radius 3 is 2.40 bits per heavy atom. The molecule has 3 rings (SSSR count). The molecule has 0 amide bonds. The lowest BCUT2D eigenvalue weighted by molar-refractivity contribution is 0.169. The maximum atomic E-state index is 15.1. The normalized spacial score (nSPS) is 14.5. The van der Waals surface area contributed by atoms with Crippen LogP contribution in [0.2, 0.25) is 0 Å². The van der Waals surface area contributed by atoms with Crippen LogP contribution in [0.5, 0.6) is 11.5 Å². The van der Waals surface area contributed by atoms with Crippen molar-refractivity contribution in [2.75, 3.05) is 20.2 Å². The second-order valence-electron chi connectivity index (χ2n) is 7.57. The van der Waals surface area contributed by atoms with E-state index >= 15 is 4.39 Å². The molecule has 0 aromatic heterocycles. The molecule has 0 saturated carbocycles. The van der Waals surface area contributed by atoms with Crippen LogP contribution in [0, 0.1) is 6.42 Å². The Morgan fingerprint density at radius 2 is 1.73 bits per heavy atom. The van der Waals surface area contributed by atoms with Crippen LogP contribution in [-0.4, -0.2) is 20.2 Å². The van der Waals surface area contributed by atoms with Gasteiger partial charge >= 0.3 is 0 Å². The summed E-state index contributed by atoms with van der Waals surface area (Å²) >= 11 is 1.51. The van der Waals surface area contributed by atoms with Gasteiger partial charge in [0.2, 0.25) is 0 Å². The number of rotatable bonds is 9. The van der Waals surface area contributed by atoms with Crippen molar-refractivity contribution in [3.63, 3.8) is 0 Å². The lowest BCUT2D eigenvalue weighted by atomic mass is 9.74. The highest BCUT2D eigenvalue weighted by molar-refractivity contribution is 8.03. The number of thioether (sulfide) groups is 1. The van der Waals surface area contributed by atoms with E-state index in [4.69, 9.17) is 14.2 Å². The average Bonchev–Trinajstić information content (AvgIpc) is 2.76. The van der Waals surface area contributed by atoms with Gasteiger partial charge in [-0.05, 0) is 46.2 Å². The molecule has 0 N–H and O–H groups in total. The maximum Gasteiger partial charge on any atom is 0.161 e. The predicted molar refractivity (Wildman–Crippen MR) is 121 cm³/mol. The number of benzene rings is 2. The van der Waals surface area contributed by atoms with Gasteiger partial charge in [0, 0.05) is 11.8 Å². The summed E-state index contributed by atoms with van der Waals surface area (Å²) in [7, 11) is 3.21. The molecule has 3 nitrogen and oxygen atoms in total. The molecule has 0 spiro atoms. The van der Waals surface area contributed by atoms with E-state index in [1.165, 1.54) is 11.8 Å². The van der Waals surface area contributed by atoms with Gasteiger partial charge in [0.1, 0.15) is 5.83 Å². The first-order chi connectivity index (χ1) is 14.5.